The monoisotopic (exact) mass is 362 g/mol. The highest BCUT2D eigenvalue weighted by Crippen LogP contribution is 2.29. The van der Waals surface area contributed by atoms with Gasteiger partial charge in [-0.1, -0.05) is 18.2 Å². The van der Waals surface area contributed by atoms with E-state index in [1.165, 1.54) is 25.1 Å². The lowest BCUT2D eigenvalue weighted by Gasteiger charge is -2.29. The quantitative estimate of drug-likeness (QED) is 0.843. The number of benzene rings is 2. The van der Waals surface area contributed by atoms with Crippen LogP contribution in [-0.4, -0.2) is 39.3 Å². The summed E-state index contributed by atoms with van der Waals surface area (Å²) in [6.07, 6.45) is 1.64. The molecule has 0 N–H and O–H groups in total. The van der Waals surface area contributed by atoms with Crippen molar-refractivity contribution in [3.63, 3.8) is 0 Å². The first-order valence-electron chi connectivity index (χ1n) is 7.94. The van der Waals surface area contributed by atoms with Crippen molar-refractivity contribution >= 4 is 21.6 Å². The first-order chi connectivity index (χ1) is 11.8. The number of aryl methyl sites for hydroxylation is 1. The minimum Gasteiger partial charge on any atom is -0.308 e. The minimum absolute atomic E-state index is 0.104. The number of anilines is 1. The lowest BCUT2D eigenvalue weighted by atomic mass is 10.0. The van der Waals surface area contributed by atoms with E-state index in [0.717, 1.165) is 40.5 Å². The summed E-state index contributed by atoms with van der Waals surface area (Å²) in [6, 6.07) is 10.8. The number of sulfonamides is 1. The molecule has 7 heteroatoms. The van der Waals surface area contributed by atoms with Gasteiger partial charge in [-0.2, -0.15) is 0 Å². The van der Waals surface area contributed by atoms with Crippen LogP contribution in [0, 0.1) is 5.82 Å². The maximum Gasteiger partial charge on any atom is 0.261 e. The van der Waals surface area contributed by atoms with Gasteiger partial charge in [0.15, 0.2) is 0 Å². The van der Waals surface area contributed by atoms with Gasteiger partial charge in [-0.05, 0) is 42.7 Å². The Morgan fingerprint density at radius 2 is 1.88 bits per heavy atom. The fraction of sp³-hybridized carbons (Fsp3) is 0.278. The zero-order chi connectivity index (χ0) is 18.2. The second-order valence-electron chi connectivity index (χ2n) is 6.12. The summed E-state index contributed by atoms with van der Waals surface area (Å²) in [5.41, 5.74) is 1.54. The summed E-state index contributed by atoms with van der Waals surface area (Å²) < 4.78 is 39.9. The van der Waals surface area contributed by atoms with Gasteiger partial charge in [0, 0.05) is 26.3 Å². The van der Waals surface area contributed by atoms with E-state index in [1.54, 1.807) is 0 Å². The molecule has 0 radical (unpaired) electrons. The van der Waals surface area contributed by atoms with Crippen LogP contribution in [0.5, 0.6) is 0 Å². The number of rotatable bonds is 3. The Morgan fingerprint density at radius 1 is 1.16 bits per heavy atom. The van der Waals surface area contributed by atoms with Crippen LogP contribution in [0.2, 0.25) is 0 Å². The summed E-state index contributed by atoms with van der Waals surface area (Å²) in [5.74, 6) is -1.26. The van der Waals surface area contributed by atoms with Gasteiger partial charge >= 0.3 is 0 Å². The van der Waals surface area contributed by atoms with Gasteiger partial charge in [0.05, 0.1) is 10.5 Å². The van der Waals surface area contributed by atoms with Gasteiger partial charge in [0.2, 0.25) is 10.0 Å². The average Bonchev–Trinajstić information content (AvgIpc) is 2.60. The van der Waals surface area contributed by atoms with Crippen LogP contribution in [0.3, 0.4) is 0 Å². The Kier molecular flexibility index (Phi) is 4.62. The topological polar surface area (TPSA) is 57.7 Å². The molecule has 0 aromatic heterocycles. The molecule has 0 aliphatic carbocycles. The highest BCUT2D eigenvalue weighted by atomic mass is 32.2. The predicted octanol–water partition coefficient (Wildman–Crippen LogP) is 2.67. The van der Waals surface area contributed by atoms with E-state index in [4.69, 9.17) is 0 Å². The van der Waals surface area contributed by atoms with Crippen LogP contribution in [0.1, 0.15) is 22.3 Å². The molecule has 25 heavy (non-hydrogen) atoms. The molecule has 1 heterocycles. The van der Waals surface area contributed by atoms with Crippen molar-refractivity contribution in [2.75, 3.05) is 25.5 Å². The van der Waals surface area contributed by atoms with E-state index in [2.05, 4.69) is 0 Å². The molecule has 0 saturated heterocycles. The summed E-state index contributed by atoms with van der Waals surface area (Å²) in [7, 11) is -0.965. The molecule has 0 bridgehead atoms. The van der Waals surface area contributed by atoms with Crippen molar-refractivity contribution < 1.29 is 17.6 Å². The lowest BCUT2D eigenvalue weighted by molar-refractivity contribution is 0.0981. The molecule has 1 amide bonds. The average molecular weight is 362 g/mol. The van der Waals surface area contributed by atoms with Crippen molar-refractivity contribution in [1.29, 1.82) is 0 Å². The van der Waals surface area contributed by atoms with Gasteiger partial charge in [-0.3, -0.25) is 4.79 Å². The highest BCUT2D eigenvalue weighted by Gasteiger charge is 2.27. The largest absolute Gasteiger partial charge is 0.308 e. The number of carbonyl (C=O) groups is 1. The molecule has 3 rings (SSSR count). The number of carbonyl (C=O) groups excluding carboxylic acids is 1. The summed E-state index contributed by atoms with van der Waals surface area (Å²) in [6.45, 7) is 0.472. The molecule has 5 nitrogen and oxygen atoms in total. The lowest BCUT2D eigenvalue weighted by Crippen LogP contribution is -2.36. The molecule has 2 aromatic rings. The number of halogens is 1. The third kappa shape index (κ3) is 3.17. The molecule has 0 saturated carbocycles. The third-order valence-electron chi connectivity index (χ3n) is 4.30. The van der Waals surface area contributed by atoms with Crippen molar-refractivity contribution in [2.24, 2.45) is 0 Å². The van der Waals surface area contributed by atoms with Crippen molar-refractivity contribution in [2.45, 2.75) is 17.7 Å². The Balaban J connectivity index is 2.04. The van der Waals surface area contributed by atoms with Gasteiger partial charge < -0.3 is 4.90 Å². The number of hydrogen-bond acceptors (Lipinski definition) is 3. The van der Waals surface area contributed by atoms with E-state index < -0.39 is 21.7 Å². The molecular weight excluding hydrogens is 343 g/mol. The Hall–Kier alpha value is -2.25. The summed E-state index contributed by atoms with van der Waals surface area (Å²) in [5, 5.41) is 0. The maximum absolute atomic E-state index is 14.3. The SMILES string of the molecule is CN(C)S(=O)(=O)c1ccc(F)c(C(=O)N2CCCc3ccccc32)c1. The summed E-state index contributed by atoms with van der Waals surface area (Å²) >= 11 is 0. The molecule has 1 aliphatic rings. The van der Waals surface area contributed by atoms with Gasteiger partial charge in [-0.25, -0.2) is 17.1 Å². The first kappa shape index (κ1) is 17.6. The molecule has 0 spiro atoms. The normalized spacial score (nSPS) is 14.5. The Bertz CT molecular complexity index is 926. The van der Waals surface area contributed by atoms with Crippen LogP contribution >= 0.6 is 0 Å². The zero-order valence-electron chi connectivity index (χ0n) is 14.1. The standard InChI is InChI=1S/C18H19FN2O3S/c1-20(2)25(23,24)14-9-10-16(19)15(12-14)18(22)21-11-5-7-13-6-3-4-8-17(13)21/h3-4,6,8-10,12H,5,7,11H2,1-2H3. The second kappa shape index (κ2) is 6.57. The van der Waals surface area contributed by atoms with Crippen molar-refractivity contribution in [3.05, 3.63) is 59.4 Å². The number of hydrogen-bond donors (Lipinski definition) is 0. The third-order valence-corrected chi connectivity index (χ3v) is 6.11. The van der Waals surface area contributed by atoms with Crippen molar-refractivity contribution in [1.82, 2.24) is 4.31 Å². The smallest absolute Gasteiger partial charge is 0.261 e. The number of amides is 1. The summed E-state index contributed by atoms with van der Waals surface area (Å²) in [4.78, 5) is 14.3. The molecule has 0 fully saturated rings. The van der Waals surface area contributed by atoms with Crippen LogP contribution < -0.4 is 4.90 Å². The maximum atomic E-state index is 14.3. The van der Waals surface area contributed by atoms with Crippen LogP contribution in [-0.2, 0) is 16.4 Å². The molecule has 0 unspecified atom stereocenters. The van der Waals surface area contributed by atoms with Gasteiger partial charge in [-0.15, -0.1) is 0 Å². The number of fused-ring (bicyclic) bond motifs is 1. The molecule has 2 aromatic carbocycles. The van der Waals surface area contributed by atoms with E-state index >= 15 is 0 Å². The predicted molar refractivity (Wildman–Crippen MR) is 93.7 cm³/mol. The molecule has 132 valence electrons. The van der Waals surface area contributed by atoms with E-state index in [0.29, 0.717) is 6.54 Å². The minimum atomic E-state index is -3.74. The van der Waals surface area contributed by atoms with Crippen LogP contribution in [0.15, 0.2) is 47.4 Å². The van der Waals surface area contributed by atoms with Gasteiger partial charge in [0.1, 0.15) is 5.82 Å². The Labute approximate surface area is 146 Å². The van der Waals surface area contributed by atoms with E-state index in [-0.39, 0.29) is 10.5 Å². The van der Waals surface area contributed by atoms with E-state index in [9.17, 15) is 17.6 Å². The number of nitrogens with zero attached hydrogens (tertiary/aromatic N) is 2. The highest BCUT2D eigenvalue weighted by molar-refractivity contribution is 7.89. The van der Waals surface area contributed by atoms with Crippen molar-refractivity contribution in [3.8, 4) is 0 Å². The zero-order valence-corrected chi connectivity index (χ0v) is 14.9. The Morgan fingerprint density at radius 3 is 2.60 bits per heavy atom. The van der Waals surface area contributed by atoms with E-state index in [1.807, 2.05) is 24.3 Å². The fourth-order valence-electron chi connectivity index (χ4n) is 2.93. The second-order valence-corrected chi connectivity index (χ2v) is 8.27. The van der Waals surface area contributed by atoms with Gasteiger partial charge in [0.25, 0.3) is 5.91 Å². The first-order valence-corrected chi connectivity index (χ1v) is 9.38. The van der Waals surface area contributed by atoms with Crippen LogP contribution in [0.25, 0.3) is 0 Å². The molecular formula is C18H19FN2O3S. The number of para-hydroxylation sites is 1. The molecule has 0 atom stereocenters. The van der Waals surface area contributed by atoms with Crippen LogP contribution in [0.4, 0.5) is 10.1 Å². The fourth-order valence-corrected chi connectivity index (χ4v) is 3.86. The molecule has 1 aliphatic heterocycles.